The zero-order chi connectivity index (χ0) is 16.3. The fourth-order valence-electron chi connectivity index (χ4n) is 2.08. The van der Waals surface area contributed by atoms with E-state index < -0.39 is 10.0 Å². The van der Waals surface area contributed by atoms with Gasteiger partial charge in [0.1, 0.15) is 10.6 Å². The van der Waals surface area contributed by atoms with Crippen molar-refractivity contribution >= 4 is 26.0 Å². The van der Waals surface area contributed by atoms with Gasteiger partial charge in [0.25, 0.3) is 0 Å². The van der Waals surface area contributed by atoms with Crippen molar-refractivity contribution in [2.24, 2.45) is 0 Å². The first-order chi connectivity index (χ1) is 10.3. The van der Waals surface area contributed by atoms with E-state index in [4.69, 9.17) is 4.74 Å². The molecule has 2 rings (SSSR count). The van der Waals surface area contributed by atoms with Crippen molar-refractivity contribution in [2.45, 2.75) is 24.8 Å². The molecule has 0 aliphatic heterocycles. The molecule has 0 aliphatic rings. The topological polar surface area (TPSA) is 55.4 Å². The third kappa shape index (κ3) is 3.88. The molecule has 0 aliphatic carbocycles. The quantitative estimate of drug-likeness (QED) is 0.853. The summed E-state index contributed by atoms with van der Waals surface area (Å²) in [5, 5.41) is 0. The van der Waals surface area contributed by atoms with Gasteiger partial charge in [-0.05, 0) is 37.6 Å². The number of sulfonamides is 1. The first-order valence-corrected chi connectivity index (χ1v) is 9.03. The van der Waals surface area contributed by atoms with Gasteiger partial charge in [0, 0.05) is 10.5 Å². The number of hydrogen-bond donors (Lipinski definition) is 1. The Kier molecular flexibility index (Phi) is 5.26. The van der Waals surface area contributed by atoms with E-state index >= 15 is 0 Å². The van der Waals surface area contributed by atoms with E-state index in [0.29, 0.717) is 10.2 Å². The zero-order valence-electron chi connectivity index (χ0n) is 12.6. The lowest BCUT2D eigenvalue weighted by Crippen LogP contribution is -2.27. The Balaban J connectivity index is 2.31. The molecule has 2 aromatic rings. The molecule has 0 radical (unpaired) electrons. The maximum atomic E-state index is 12.6. The SMILES string of the molecule is COc1ccc(Br)cc1S(=O)(=O)N[C@H](C)c1ccc(C)cc1. The molecule has 4 nitrogen and oxygen atoms in total. The highest BCUT2D eigenvalue weighted by molar-refractivity contribution is 9.10. The molecule has 1 atom stereocenters. The van der Waals surface area contributed by atoms with Gasteiger partial charge >= 0.3 is 0 Å². The molecule has 22 heavy (non-hydrogen) atoms. The molecule has 0 heterocycles. The number of aryl methyl sites for hydroxylation is 1. The minimum Gasteiger partial charge on any atom is -0.495 e. The van der Waals surface area contributed by atoms with E-state index in [0.717, 1.165) is 11.1 Å². The highest BCUT2D eigenvalue weighted by atomic mass is 79.9. The number of nitrogens with one attached hydrogen (secondary N) is 1. The first-order valence-electron chi connectivity index (χ1n) is 6.76. The van der Waals surface area contributed by atoms with E-state index in [1.807, 2.05) is 38.1 Å². The summed E-state index contributed by atoms with van der Waals surface area (Å²) in [6.45, 7) is 3.80. The minimum atomic E-state index is -3.69. The summed E-state index contributed by atoms with van der Waals surface area (Å²) < 4.78 is 33.7. The van der Waals surface area contributed by atoms with Crippen LogP contribution in [0.1, 0.15) is 24.1 Å². The molecule has 0 fully saturated rings. The standard InChI is InChI=1S/C16H18BrNO3S/c1-11-4-6-13(7-5-11)12(2)18-22(19,20)16-10-14(17)8-9-15(16)21-3/h4-10,12,18H,1-3H3/t12-/m1/s1. The number of methoxy groups -OCH3 is 1. The molecule has 0 bridgehead atoms. The van der Waals surface area contributed by atoms with Gasteiger partial charge in [0.2, 0.25) is 10.0 Å². The van der Waals surface area contributed by atoms with Crippen LogP contribution < -0.4 is 9.46 Å². The monoisotopic (exact) mass is 383 g/mol. The number of ether oxygens (including phenoxy) is 1. The van der Waals surface area contributed by atoms with Crippen LogP contribution in [0, 0.1) is 6.92 Å². The van der Waals surface area contributed by atoms with Crippen LogP contribution in [-0.4, -0.2) is 15.5 Å². The summed E-state index contributed by atoms with van der Waals surface area (Å²) in [5.41, 5.74) is 2.04. The molecule has 0 aromatic heterocycles. The fraction of sp³-hybridized carbons (Fsp3) is 0.250. The Morgan fingerprint density at radius 3 is 2.36 bits per heavy atom. The normalized spacial score (nSPS) is 12.9. The van der Waals surface area contributed by atoms with Crippen LogP contribution >= 0.6 is 15.9 Å². The van der Waals surface area contributed by atoms with Crippen molar-refractivity contribution in [1.29, 1.82) is 0 Å². The van der Waals surface area contributed by atoms with E-state index in [1.165, 1.54) is 13.2 Å². The summed E-state index contributed by atoms with van der Waals surface area (Å²) in [4.78, 5) is 0.114. The Bertz CT molecular complexity index is 757. The third-order valence-electron chi connectivity index (χ3n) is 3.32. The Hall–Kier alpha value is -1.37. The second-order valence-corrected chi connectivity index (χ2v) is 7.65. The second-order valence-electron chi connectivity index (χ2n) is 5.05. The van der Waals surface area contributed by atoms with Crippen molar-refractivity contribution in [2.75, 3.05) is 7.11 Å². The van der Waals surface area contributed by atoms with Crippen LogP contribution in [0.2, 0.25) is 0 Å². The molecule has 0 spiro atoms. The van der Waals surface area contributed by atoms with Crippen molar-refractivity contribution < 1.29 is 13.2 Å². The van der Waals surface area contributed by atoms with Crippen molar-refractivity contribution in [3.63, 3.8) is 0 Å². The lowest BCUT2D eigenvalue weighted by molar-refractivity contribution is 0.402. The number of rotatable bonds is 5. The third-order valence-corrected chi connectivity index (χ3v) is 5.38. The van der Waals surface area contributed by atoms with E-state index in [-0.39, 0.29) is 10.9 Å². The summed E-state index contributed by atoms with van der Waals surface area (Å²) in [6, 6.07) is 12.3. The van der Waals surface area contributed by atoms with Gasteiger partial charge < -0.3 is 4.74 Å². The molecule has 0 amide bonds. The molecule has 118 valence electrons. The zero-order valence-corrected chi connectivity index (χ0v) is 15.0. The van der Waals surface area contributed by atoms with Crippen LogP contribution in [0.15, 0.2) is 51.8 Å². The molecular formula is C16H18BrNO3S. The molecule has 0 saturated carbocycles. The summed E-state index contributed by atoms with van der Waals surface area (Å²) in [5.74, 6) is 0.312. The predicted molar refractivity (Wildman–Crippen MR) is 90.6 cm³/mol. The smallest absolute Gasteiger partial charge is 0.244 e. The van der Waals surface area contributed by atoms with E-state index in [2.05, 4.69) is 20.7 Å². The van der Waals surface area contributed by atoms with Gasteiger partial charge in [-0.15, -0.1) is 0 Å². The van der Waals surface area contributed by atoms with Crippen molar-refractivity contribution in [1.82, 2.24) is 4.72 Å². The van der Waals surface area contributed by atoms with Crippen LogP contribution in [0.5, 0.6) is 5.75 Å². The Labute approximate surface area is 139 Å². The minimum absolute atomic E-state index is 0.114. The van der Waals surface area contributed by atoms with E-state index in [1.54, 1.807) is 12.1 Å². The fourth-order valence-corrected chi connectivity index (χ4v) is 4.02. The molecular weight excluding hydrogens is 366 g/mol. The van der Waals surface area contributed by atoms with Crippen LogP contribution in [0.25, 0.3) is 0 Å². The molecule has 6 heteroatoms. The van der Waals surface area contributed by atoms with Crippen LogP contribution in [0.4, 0.5) is 0 Å². The van der Waals surface area contributed by atoms with Gasteiger partial charge in [-0.1, -0.05) is 45.8 Å². The van der Waals surface area contributed by atoms with Crippen molar-refractivity contribution in [3.8, 4) is 5.75 Å². The first kappa shape index (κ1) is 17.0. The molecule has 0 saturated heterocycles. The average molecular weight is 384 g/mol. The summed E-state index contributed by atoms with van der Waals surface area (Å²) >= 11 is 3.29. The predicted octanol–water partition coefficient (Wildman–Crippen LogP) is 3.81. The molecule has 0 unspecified atom stereocenters. The van der Waals surface area contributed by atoms with Gasteiger partial charge in [0.05, 0.1) is 7.11 Å². The second kappa shape index (κ2) is 6.81. The van der Waals surface area contributed by atoms with Crippen LogP contribution in [0.3, 0.4) is 0 Å². The lowest BCUT2D eigenvalue weighted by atomic mass is 10.1. The van der Waals surface area contributed by atoms with E-state index in [9.17, 15) is 8.42 Å². The van der Waals surface area contributed by atoms with Crippen LogP contribution in [-0.2, 0) is 10.0 Å². The van der Waals surface area contributed by atoms with Gasteiger partial charge in [-0.3, -0.25) is 0 Å². The number of halogens is 1. The summed E-state index contributed by atoms with van der Waals surface area (Å²) in [6.07, 6.45) is 0. The highest BCUT2D eigenvalue weighted by Crippen LogP contribution is 2.28. The van der Waals surface area contributed by atoms with Crippen molar-refractivity contribution in [3.05, 3.63) is 58.1 Å². The maximum Gasteiger partial charge on any atom is 0.244 e. The number of benzene rings is 2. The van der Waals surface area contributed by atoms with Gasteiger partial charge in [0.15, 0.2) is 0 Å². The maximum absolute atomic E-state index is 12.6. The largest absolute Gasteiger partial charge is 0.495 e. The lowest BCUT2D eigenvalue weighted by Gasteiger charge is -2.16. The van der Waals surface area contributed by atoms with Gasteiger partial charge in [-0.25, -0.2) is 13.1 Å². The Morgan fingerprint density at radius 1 is 1.14 bits per heavy atom. The molecule has 1 N–H and O–H groups in total. The summed E-state index contributed by atoms with van der Waals surface area (Å²) in [7, 11) is -2.24. The van der Waals surface area contributed by atoms with Gasteiger partial charge in [-0.2, -0.15) is 0 Å². The Morgan fingerprint density at radius 2 is 1.77 bits per heavy atom. The number of hydrogen-bond acceptors (Lipinski definition) is 3. The molecule has 2 aromatic carbocycles. The highest BCUT2D eigenvalue weighted by Gasteiger charge is 2.22. The average Bonchev–Trinajstić information content (AvgIpc) is 2.47.